The van der Waals surface area contributed by atoms with Crippen LogP contribution in [0.1, 0.15) is 31.7 Å². The third kappa shape index (κ3) is 3.32. The Balaban J connectivity index is 1.90. The Bertz CT molecular complexity index is 890. The van der Waals surface area contributed by atoms with Gasteiger partial charge in [0.25, 0.3) is 5.56 Å². The van der Waals surface area contributed by atoms with Gasteiger partial charge in [-0.2, -0.15) is 4.98 Å². The Morgan fingerprint density at radius 3 is 3.04 bits per heavy atom. The molecule has 0 fully saturated rings. The van der Waals surface area contributed by atoms with Gasteiger partial charge in [0, 0.05) is 11.1 Å². The fourth-order valence-electron chi connectivity index (χ4n) is 2.21. The van der Waals surface area contributed by atoms with Crippen LogP contribution >= 0.6 is 15.9 Å². The van der Waals surface area contributed by atoms with Crippen LogP contribution in [0.25, 0.3) is 10.9 Å². The molecule has 2 aromatic heterocycles. The van der Waals surface area contributed by atoms with E-state index in [1.807, 2.05) is 19.9 Å². The first-order valence-electron chi connectivity index (χ1n) is 7.17. The van der Waals surface area contributed by atoms with Crippen LogP contribution in [0.15, 0.2) is 38.3 Å². The zero-order chi connectivity index (χ0) is 16.4. The quantitative estimate of drug-likeness (QED) is 0.678. The number of benzene rings is 1. The highest BCUT2D eigenvalue weighted by Crippen LogP contribution is 2.16. The molecule has 0 saturated carbocycles. The molecule has 1 aromatic carbocycles. The summed E-state index contributed by atoms with van der Waals surface area (Å²) >= 11 is 3.36. The smallest absolute Gasteiger partial charge is 0.261 e. The topological polar surface area (TPSA) is 83.0 Å². The average Bonchev–Trinajstić information content (AvgIpc) is 3.00. The maximum atomic E-state index is 12.5. The molecule has 7 nitrogen and oxygen atoms in total. The van der Waals surface area contributed by atoms with E-state index in [4.69, 9.17) is 9.26 Å². The van der Waals surface area contributed by atoms with Crippen molar-refractivity contribution in [1.29, 1.82) is 0 Å². The predicted molar refractivity (Wildman–Crippen MR) is 87.1 cm³/mol. The molecule has 0 aliphatic carbocycles. The summed E-state index contributed by atoms with van der Waals surface area (Å²) in [5, 5.41) is 4.41. The minimum Gasteiger partial charge on any atom is -0.371 e. The largest absolute Gasteiger partial charge is 0.371 e. The zero-order valence-corrected chi connectivity index (χ0v) is 14.3. The third-order valence-electron chi connectivity index (χ3n) is 3.36. The number of rotatable bonds is 5. The number of ether oxygens (including phenoxy) is 1. The van der Waals surface area contributed by atoms with Gasteiger partial charge >= 0.3 is 0 Å². The second kappa shape index (κ2) is 6.59. The van der Waals surface area contributed by atoms with Crippen molar-refractivity contribution in [3.05, 3.63) is 51.1 Å². The first kappa shape index (κ1) is 15.8. The molecule has 0 radical (unpaired) electrons. The van der Waals surface area contributed by atoms with Crippen LogP contribution in [0.2, 0.25) is 0 Å². The van der Waals surface area contributed by atoms with Gasteiger partial charge in [0.2, 0.25) is 5.89 Å². The molecule has 0 aliphatic rings. The molecule has 0 aliphatic heterocycles. The van der Waals surface area contributed by atoms with E-state index in [1.165, 1.54) is 10.9 Å². The summed E-state index contributed by atoms with van der Waals surface area (Å²) in [6, 6.07) is 5.38. The Morgan fingerprint density at radius 2 is 2.26 bits per heavy atom. The lowest BCUT2D eigenvalue weighted by Crippen LogP contribution is -2.21. The van der Waals surface area contributed by atoms with Crippen molar-refractivity contribution in [3.8, 4) is 0 Å². The van der Waals surface area contributed by atoms with Gasteiger partial charge in [0.15, 0.2) is 5.82 Å². The number of aromatic nitrogens is 4. The van der Waals surface area contributed by atoms with Crippen molar-refractivity contribution in [1.82, 2.24) is 19.7 Å². The summed E-state index contributed by atoms with van der Waals surface area (Å²) in [6.45, 7) is 4.48. The molecule has 2 heterocycles. The molecule has 23 heavy (non-hydrogen) atoms. The van der Waals surface area contributed by atoms with E-state index in [2.05, 4.69) is 31.1 Å². The molecular formula is C15H15BrN4O3. The van der Waals surface area contributed by atoms with Crippen molar-refractivity contribution in [2.75, 3.05) is 6.61 Å². The lowest BCUT2D eigenvalue weighted by Gasteiger charge is -2.05. The number of halogens is 1. The van der Waals surface area contributed by atoms with Gasteiger partial charge in [0.05, 0.1) is 17.2 Å². The van der Waals surface area contributed by atoms with Gasteiger partial charge in [0.1, 0.15) is 12.6 Å². The Kier molecular flexibility index (Phi) is 4.53. The van der Waals surface area contributed by atoms with E-state index in [9.17, 15) is 4.79 Å². The van der Waals surface area contributed by atoms with E-state index in [0.717, 1.165) is 4.47 Å². The normalized spacial score (nSPS) is 12.7. The standard InChI is InChI=1S/C15H15BrN4O3/c1-3-22-9(2)14-18-13(23-19-14)7-20-8-17-12-5-4-10(16)6-11(12)15(20)21/h4-6,8-9H,3,7H2,1-2H3. The molecule has 0 N–H and O–H groups in total. The lowest BCUT2D eigenvalue weighted by molar-refractivity contribution is 0.0683. The summed E-state index contributed by atoms with van der Waals surface area (Å²) in [5.41, 5.74) is 0.486. The number of hydrogen-bond donors (Lipinski definition) is 0. The molecule has 1 unspecified atom stereocenters. The minimum atomic E-state index is -0.250. The maximum Gasteiger partial charge on any atom is 0.261 e. The second-order valence-electron chi connectivity index (χ2n) is 4.98. The first-order valence-corrected chi connectivity index (χ1v) is 7.96. The summed E-state index contributed by atoms with van der Waals surface area (Å²) in [4.78, 5) is 21.1. The molecule has 0 spiro atoms. The van der Waals surface area contributed by atoms with Gasteiger partial charge in [-0.25, -0.2) is 4.98 Å². The molecule has 3 aromatic rings. The highest BCUT2D eigenvalue weighted by molar-refractivity contribution is 9.10. The Hall–Kier alpha value is -2.06. The van der Waals surface area contributed by atoms with Gasteiger partial charge in [-0.1, -0.05) is 21.1 Å². The van der Waals surface area contributed by atoms with Gasteiger partial charge in [-0.05, 0) is 32.0 Å². The molecule has 120 valence electrons. The van der Waals surface area contributed by atoms with E-state index in [1.54, 1.807) is 12.1 Å². The lowest BCUT2D eigenvalue weighted by atomic mass is 10.2. The van der Waals surface area contributed by atoms with Crippen molar-refractivity contribution in [2.45, 2.75) is 26.5 Å². The minimum absolute atomic E-state index is 0.158. The van der Waals surface area contributed by atoms with Crippen LogP contribution in [0, 0.1) is 0 Å². The molecular weight excluding hydrogens is 364 g/mol. The van der Waals surface area contributed by atoms with Crippen LogP contribution in [0.4, 0.5) is 0 Å². The molecule has 0 amide bonds. The second-order valence-corrected chi connectivity index (χ2v) is 5.90. The highest BCUT2D eigenvalue weighted by Gasteiger charge is 2.15. The van der Waals surface area contributed by atoms with Crippen LogP contribution in [-0.2, 0) is 11.3 Å². The van der Waals surface area contributed by atoms with Crippen LogP contribution in [0.3, 0.4) is 0 Å². The summed E-state index contributed by atoms with van der Waals surface area (Å²) in [5.74, 6) is 0.802. The highest BCUT2D eigenvalue weighted by atomic mass is 79.9. The number of nitrogens with zero attached hydrogens (tertiary/aromatic N) is 4. The van der Waals surface area contributed by atoms with E-state index < -0.39 is 0 Å². The molecule has 0 bridgehead atoms. The Morgan fingerprint density at radius 1 is 1.43 bits per heavy atom. The van der Waals surface area contributed by atoms with Crippen LogP contribution in [0.5, 0.6) is 0 Å². The maximum absolute atomic E-state index is 12.5. The molecule has 0 saturated heterocycles. The van der Waals surface area contributed by atoms with Gasteiger partial charge in [-0.3, -0.25) is 9.36 Å². The van der Waals surface area contributed by atoms with Gasteiger partial charge in [-0.15, -0.1) is 0 Å². The van der Waals surface area contributed by atoms with Crippen molar-refractivity contribution >= 4 is 26.8 Å². The van der Waals surface area contributed by atoms with E-state index in [-0.39, 0.29) is 18.2 Å². The van der Waals surface area contributed by atoms with Crippen LogP contribution in [-0.4, -0.2) is 26.3 Å². The Labute approximate surface area is 140 Å². The number of fused-ring (bicyclic) bond motifs is 1. The zero-order valence-electron chi connectivity index (χ0n) is 12.7. The summed E-state index contributed by atoms with van der Waals surface area (Å²) < 4.78 is 12.9. The molecule has 8 heteroatoms. The number of hydrogen-bond acceptors (Lipinski definition) is 6. The van der Waals surface area contributed by atoms with Crippen molar-refractivity contribution in [2.24, 2.45) is 0 Å². The summed E-state index contributed by atoms with van der Waals surface area (Å²) in [7, 11) is 0. The molecule has 3 rings (SSSR count). The summed E-state index contributed by atoms with van der Waals surface area (Å²) in [6.07, 6.45) is 1.23. The van der Waals surface area contributed by atoms with E-state index >= 15 is 0 Å². The van der Waals surface area contributed by atoms with E-state index in [0.29, 0.717) is 29.2 Å². The van der Waals surface area contributed by atoms with Gasteiger partial charge < -0.3 is 9.26 Å². The monoisotopic (exact) mass is 378 g/mol. The van der Waals surface area contributed by atoms with Crippen molar-refractivity contribution < 1.29 is 9.26 Å². The first-order chi connectivity index (χ1) is 11.1. The SMILES string of the molecule is CCOC(C)c1noc(Cn2cnc3ccc(Br)cc3c2=O)n1. The third-order valence-corrected chi connectivity index (χ3v) is 3.85. The van der Waals surface area contributed by atoms with Crippen LogP contribution < -0.4 is 5.56 Å². The predicted octanol–water partition coefficient (Wildman–Crippen LogP) is 2.69. The fraction of sp³-hybridized carbons (Fsp3) is 0.333. The average molecular weight is 379 g/mol. The van der Waals surface area contributed by atoms with Crippen molar-refractivity contribution in [3.63, 3.8) is 0 Å². The molecule has 1 atom stereocenters. The fourth-order valence-corrected chi connectivity index (χ4v) is 2.57.